The second kappa shape index (κ2) is 5.33. The molecule has 0 heterocycles. The van der Waals surface area contributed by atoms with Crippen LogP contribution in [0.5, 0.6) is 0 Å². The normalized spacial score (nSPS) is 14.1. The van der Waals surface area contributed by atoms with Crippen LogP contribution in [-0.4, -0.2) is 5.11 Å². The van der Waals surface area contributed by atoms with Crippen LogP contribution in [0.1, 0.15) is 29.2 Å². The number of halogens is 2. The van der Waals surface area contributed by atoms with Gasteiger partial charge in [0.1, 0.15) is 0 Å². The first kappa shape index (κ1) is 14.7. The van der Waals surface area contributed by atoms with Crippen LogP contribution in [-0.2, 0) is 12.0 Å². The van der Waals surface area contributed by atoms with E-state index >= 15 is 0 Å². The van der Waals surface area contributed by atoms with Crippen LogP contribution in [0.2, 0.25) is 0 Å². The summed E-state index contributed by atoms with van der Waals surface area (Å²) < 4.78 is 26.9. The summed E-state index contributed by atoms with van der Waals surface area (Å²) in [7, 11) is 0. The number of hydrogen-bond acceptors (Lipinski definition) is 1. The summed E-state index contributed by atoms with van der Waals surface area (Å²) in [5.74, 6) is -1.78. The second-order valence-corrected chi connectivity index (χ2v) is 5.54. The van der Waals surface area contributed by atoms with Gasteiger partial charge in [-0.3, -0.25) is 0 Å². The maximum atomic E-state index is 13.7. The standard InChI is InChI=1S/C17H18F2O/c1-11-7-12(2)9-14(8-11)17(3,20)10-13-5-4-6-15(18)16(13)19/h4-9,20H,10H2,1-3H3. The highest BCUT2D eigenvalue weighted by Gasteiger charge is 2.26. The number of rotatable bonds is 3. The Hall–Kier alpha value is -1.74. The summed E-state index contributed by atoms with van der Waals surface area (Å²) in [5, 5.41) is 10.6. The zero-order valence-electron chi connectivity index (χ0n) is 11.9. The van der Waals surface area contributed by atoms with Crippen LogP contribution < -0.4 is 0 Å². The Morgan fingerprint density at radius 3 is 2.25 bits per heavy atom. The first-order valence-electron chi connectivity index (χ1n) is 6.53. The van der Waals surface area contributed by atoms with Gasteiger partial charge in [0.2, 0.25) is 0 Å². The highest BCUT2D eigenvalue weighted by atomic mass is 19.2. The number of benzene rings is 2. The van der Waals surface area contributed by atoms with E-state index in [-0.39, 0.29) is 12.0 Å². The van der Waals surface area contributed by atoms with Gasteiger partial charge in [0, 0.05) is 6.42 Å². The summed E-state index contributed by atoms with van der Waals surface area (Å²) >= 11 is 0. The molecule has 0 aliphatic rings. The smallest absolute Gasteiger partial charge is 0.162 e. The molecule has 0 aromatic heterocycles. The Morgan fingerprint density at radius 2 is 1.65 bits per heavy atom. The molecule has 0 fully saturated rings. The topological polar surface area (TPSA) is 20.2 Å². The molecule has 1 N–H and O–H groups in total. The number of aryl methyl sites for hydroxylation is 2. The molecule has 0 aliphatic carbocycles. The van der Waals surface area contributed by atoms with E-state index in [1.165, 1.54) is 12.1 Å². The lowest BCUT2D eigenvalue weighted by Gasteiger charge is -2.25. The van der Waals surface area contributed by atoms with Gasteiger partial charge in [0.05, 0.1) is 5.60 Å². The Kier molecular flexibility index (Phi) is 3.91. The average Bonchev–Trinajstić information content (AvgIpc) is 2.33. The van der Waals surface area contributed by atoms with Crippen molar-refractivity contribution in [1.82, 2.24) is 0 Å². The van der Waals surface area contributed by atoms with E-state index in [1.54, 1.807) is 6.92 Å². The maximum absolute atomic E-state index is 13.7. The molecule has 3 heteroatoms. The van der Waals surface area contributed by atoms with Gasteiger partial charge in [-0.15, -0.1) is 0 Å². The average molecular weight is 276 g/mol. The molecule has 0 bridgehead atoms. The lowest BCUT2D eigenvalue weighted by atomic mass is 9.87. The van der Waals surface area contributed by atoms with E-state index < -0.39 is 17.2 Å². The summed E-state index contributed by atoms with van der Waals surface area (Å²) in [6.45, 7) is 5.50. The zero-order valence-corrected chi connectivity index (χ0v) is 11.9. The van der Waals surface area contributed by atoms with Crippen LogP contribution in [0.3, 0.4) is 0 Å². The fourth-order valence-electron chi connectivity index (χ4n) is 2.44. The van der Waals surface area contributed by atoms with Gasteiger partial charge in [0.15, 0.2) is 11.6 Å². The zero-order chi connectivity index (χ0) is 14.9. The first-order valence-corrected chi connectivity index (χ1v) is 6.53. The largest absolute Gasteiger partial charge is 0.385 e. The van der Waals surface area contributed by atoms with Gasteiger partial charge in [-0.25, -0.2) is 8.78 Å². The fraction of sp³-hybridized carbons (Fsp3) is 0.294. The fourth-order valence-corrected chi connectivity index (χ4v) is 2.44. The third kappa shape index (κ3) is 3.05. The lowest BCUT2D eigenvalue weighted by Crippen LogP contribution is -2.25. The summed E-state index contributed by atoms with van der Waals surface area (Å²) in [6, 6.07) is 9.75. The van der Waals surface area contributed by atoms with Gasteiger partial charge in [-0.1, -0.05) is 41.5 Å². The maximum Gasteiger partial charge on any atom is 0.162 e. The Bertz CT molecular complexity index is 613. The van der Waals surface area contributed by atoms with E-state index in [9.17, 15) is 13.9 Å². The van der Waals surface area contributed by atoms with Crippen LogP contribution in [0, 0.1) is 25.5 Å². The molecule has 106 valence electrons. The Labute approximate surface area is 117 Å². The van der Waals surface area contributed by atoms with Crippen molar-refractivity contribution in [1.29, 1.82) is 0 Å². The van der Waals surface area contributed by atoms with E-state index in [4.69, 9.17) is 0 Å². The number of hydrogen-bond donors (Lipinski definition) is 1. The Morgan fingerprint density at radius 1 is 1.05 bits per heavy atom. The molecule has 0 aliphatic heterocycles. The molecule has 2 rings (SSSR count). The second-order valence-electron chi connectivity index (χ2n) is 5.54. The van der Waals surface area contributed by atoms with Crippen molar-refractivity contribution < 1.29 is 13.9 Å². The predicted molar refractivity (Wildman–Crippen MR) is 75.5 cm³/mol. The summed E-state index contributed by atoms with van der Waals surface area (Å²) in [6.07, 6.45) is 0.0273. The van der Waals surface area contributed by atoms with Crippen LogP contribution >= 0.6 is 0 Å². The third-order valence-corrected chi connectivity index (χ3v) is 3.41. The van der Waals surface area contributed by atoms with Crippen molar-refractivity contribution in [3.8, 4) is 0 Å². The minimum absolute atomic E-state index is 0.0273. The third-order valence-electron chi connectivity index (χ3n) is 3.41. The van der Waals surface area contributed by atoms with Crippen molar-refractivity contribution in [3.05, 3.63) is 70.3 Å². The van der Waals surface area contributed by atoms with Gasteiger partial charge in [-0.05, 0) is 38.0 Å². The van der Waals surface area contributed by atoms with E-state index in [0.29, 0.717) is 5.56 Å². The van der Waals surface area contributed by atoms with E-state index in [2.05, 4.69) is 0 Å². The van der Waals surface area contributed by atoms with Crippen molar-refractivity contribution in [2.45, 2.75) is 32.8 Å². The molecular weight excluding hydrogens is 258 g/mol. The molecule has 0 amide bonds. The molecule has 1 atom stereocenters. The highest BCUT2D eigenvalue weighted by molar-refractivity contribution is 5.34. The summed E-state index contributed by atoms with van der Waals surface area (Å²) in [4.78, 5) is 0. The van der Waals surface area contributed by atoms with Crippen molar-refractivity contribution in [2.75, 3.05) is 0 Å². The molecule has 2 aromatic carbocycles. The molecule has 2 aromatic rings. The molecule has 0 saturated heterocycles. The van der Waals surface area contributed by atoms with Crippen LogP contribution in [0.4, 0.5) is 8.78 Å². The molecular formula is C17H18F2O. The number of aliphatic hydroxyl groups is 1. The monoisotopic (exact) mass is 276 g/mol. The molecule has 20 heavy (non-hydrogen) atoms. The van der Waals surface area contributed by atoms with Gasteiger partial charge in [0.25, 0.3) is 0 Å². The molecule has 1 unspecified atom stereocenters. The van der Waals surface area contributed by atoms with Crippen molar-refractivity contribution in [3.63, 3.8) is 0 Å². The van der Waals surface area contributed by atoms with Gasteiger partial charge < -0.3 is 5.11 Å². The quantitative estimate of drug-likeness (QED) is 0.897. The summed E-state index contributed by atoms with van der Waals surface area (Å²) in [5.41, 5.74) is 1.69. The van der Waals surface area contributed by atoms with E-state index in [0.717, 1.165) is 17.2 Å². The Balaban J connectivity index is 2.37. The van der Waals surface area contributed by atoms with Gasteiger partial charge in [-0.2, -0.15) is 0 Å². The molecule has 0 saturated carbocycles. The predicted octanol–water partition coefficient (Wildman–Crippen LogP) is 4.03. The minimum atomic E-state index is -1.24. The molecule has 1 nitrogen and oxygen atoms in total. The molecule has 0 spiro atoms. The highest BCUT2D eigenvalue weighted by Crippen LogP contribution is 2.28. The van der Waals surface area contributed by atoms with Crippen molar-refractivity contribution in [2.24, 2.45) is 0 Å². The van der Waals surface area contributed by atoms with Crippen LogP contribution in [0.15, 0.2) is 36.4 Å². The van der Waals surface area contributed by atoms with Crippen molar-refractivity contribution >= 4 is 0 Å². The molecule has 0 radical (unpaired) electrons. The minimum Gasteiger partial charge on any atom is -0.385 e. The van der Waals surface area contributed by atoms with Gasteiger partial charge >= 0.3 is 0 Å². The van der Waals surface area contributed by atoms with Crippen LogP contribution in [0.25, 0.3) is 0 Å². The SMILES string of the molecule is Cc1cc(C)cc(C(C)(O)Cc2cccc(F)c2F)c1. The first-order chi connectivity index (χ1) is 9.29. The van der Waals surface area contributed by atoms with E-state index in [1.807, 2.05) is 32.0 Å². The lowest BCUT2D eigenvalue weighted by molar-refractivity contribution is 0.0564.